The van der Waals surface area contributed by atoms with E-state index in [1.807, 2.05) is 30.1 Å². The molecule has 1 aromatic heterocycles. The number of aryl methyl sites for hydroxylation is 3. The molecule has 1 nitrogen and oxygen atoms in total. The Morgan fingerprint density at radius 2 is 2.00 bits per heavy atom. The first-order valence-electron chi connectivity index (χ1n) is 5.85. The van der Waals surface area contributed by atoms with Gasteiger partial charge in [-0.3, -0.25) is 4.98 Å². The van der Waals surface area contributed by atoms with Crippen molar-refractivity contribution < 1.29 is 0 Å². The van der Waals surface area contributed by atoms with Gasteiger partial charge in [0.15, 0.2) is 0 Å². The monoisotopic (exact) mass is 243 g/mol. The zero-order valence-corrected chi connectivity index (χ0v) is 11.1. The molecule has 2 aromatic rings. The highest BCUT2D eigenvalue weighted by Gasteiger charge is 2.00. The van der Waals surface area contributed by atoms with E-state index in [0.717, 1.165) is 12.2 Å². The number of hydrogen-bond donors (Lipinski definition) is 0. The van der Waals surface area contributed by atoms with Crippen LogP contribution in [-0.2, 0) is 6.42 Å². The number of benzene rings is 1. The average Bonchev–Trinajstić information content (AvgIpc) is 2.35. The van der Waals surface area contributed by atoms with Crippen LogP contribution in [0.3, 0.4) is 0 Å². The first-order chi connectivity index (χ1) is 8.25. The van der Waals surface area contributed by atoms with Crippen LogP contribution < -0.4 is 0 Å². The van der Waals surface area contributed by atoms with Gasteiger partial charge in [0.25, 0.3) is 0 Å². The van der Waals surface area contributed by atoms with Crippen molar-refractivity contribution in [2.45, 2.75) is 25.2 Å². The van der Waals surface area contributed by atoms with Crippen LogP contribution in [0.25, 0.3) is 0 Å². The van der Waals surface area contributed by atoms with Crippen LogP contribution in [0.2, 0.25) is 0 Å². The molecule has 0 bridgehead atoms. The molecule has 88 valence electrons. The van der Waals surface area contributed by atoms with E-state index >= 15 is 0 Å². The molecule has 0 unspecified atom stereocenters. The van der Waals surface area contributed by atoms with Crippen LogP contribution in [0.1, 0.15) is 16.8 Å². The summed E-state index contributed by atoms with van der Waals surface area (Å²) in [5, 5.41) is 0. The smallest absolute Gasteiger partial charge is 0.0411 e. The fourth-order valence-corrected chi connectivity index (χ4v) is 2.77. The van der Waals surface area contributed by atoms with Crippen molar-refractivity contribution >= 4 is 11.8 Å². The molecule has 0 N–H and O–H groups in total. The van der Waals surface area contributed by atoms with Crippen molar-refractivity contribution in [2.75, 3.05) is 5.75 Å². The minimum absolute atomic E-state index is 1.03. The van der Waals surface area contributed by atoms with Gasteiger partial charge in [0, 0.05) is 22.5 Å². The van der Waals surface area contributed by atoms with Gasteiger partial charge >= 0.3 is 0 Å². The fraction of sp³-hybridized carbons (Fsp3) is 0.267. The third-order valence-electron chi connectivity index (χ3n) is 2.69. The van der Waals surface area contributed by atoms with Gasteiger partial charge in [-0.05, 0) is 44.0 Å². The number of thioether (sulfide) groups is 1. The van der Waals surface area contributed by atoms with Gasteiger partial charge in [-0.2, -0.15) is 0 Å². The van der Waals surface area contributed by atoms with Crippen LogP contribution in [0.5, 0.6) is 0 Å². The number of hydrogen-bond acceptors (Lipinski definition) is 2. The molecule has 0 aliphatic heterocycles. The average molecular weight is 243 g/mol. The molecule has 0 fully saturated rings. The topological polar surface area (TPSA) is 12.9 Å². The molecule has 0 aliphatic carbocycles. The molecule has 0 aliphatic rings. The molecule has 0 saturated heterocycles. The largest absolute Gasteiger partial charge is 0.261 e. The summed E-state index contributed by atoms with van der Waals surface area (Å²) >= 11 is 1.92. The lowest BCUT2D eigenvalue weighted by Gasteiger charge is -2.06. The Balaban J connectivity index is 1.92. The molecule has 2 rings (SSSR count). The Morgan fingerprint density at radius 3 is 2.76 bits per heavy atom. The molecule has 2 heteroatoms. The third-order valence-corrected chi connectivity index (χ3v) is 3.84. The quantitative estimate of drug-likeness (QED) is 0.752. The van der Waals surface area contributed by atoms with Crippen molar-refractivity contribution in [3.05, 3.63) is 59.4 Å². The summed E-state index contributed by atoms with van der Waals surface area (Å²) in [6, 6.07) is 12.7. The molecule has 0 spiro atoms. The second kappa shape index (κ2) is 5.87. The van der Waals surface area contributed by atoms with Crippen molar-refractivity contribution in [3.8, 4) is 0 Å². The van der Waals surface area contributed by atoms with E-state index < -0.39 is 0 Å². The first-order valence-corrected chi connectivity index (χ1v) is 6.84. The lowest BCUT2D eigenvalue weighted by Crippen LogP contribution is -1.92. The maximum Gasteiger partial charge on any atom is 0.0411 e. The van der Waals surface area contributed by atoms with Gasteiger partial charge in [0.05, 0.1) is 0 Å². The normalized spacial score (nSPS) is 10.5. The molecule has 1 aromatic carbocycles. The molecular formula is C15H17NS. The van der Waals surface area contributed by atoms with E-state index in [9.17, 15) is 0 Å². The first kappa shape index (κ1) is 12.2. The van der Waals surface area contributed by atoms with Gasteiger partial charge in [0.2, 0.25) is 0 Å². The summed E-state index contributed by atoms with van der Waals surface area (Å²) < 4.78 is 0. The van der Waals surface area contributed by atoms with Crippen molar-refractivity contribution in [2.24, 2.45) is 0 Å². The lowest BCUT2D eigenvalue weighted by molar-refractivity contribution is 1.04. The van der Waals surface area contributed by atoms with Crippen molar-refractivity contribution in [1.82, 2.24) is 4.98 Å². The van der Waals surface area contributed by atoms with Crippen molar-refractivity contribution in [3.63, 3.8) is 0 Å². The van der Waals surface area contributed by atoms with E-state index in [1.54, 1.807) is 0 Å². The summed E-state index contributed by atoms with van der Waals surface area (Å²) in [7, 11) is 0. The fourth-order valence-electron chi connectivity index (χ4n) is 1.67. The van der Waals surface area contributed by atoms with Gasteiger partial charge in [-0.15, -0.1) is 11.8 Å². The second-order valence-corrected chi connectivity index (χ2v) is 5.33. The number of aromatic nitrogens is 1. The SMILES string of the molecule is Cc1ccc(C)c(SCCc2ccccn2)c1. The predicted octanol–water partition coefficient (Wildman–Crippen LogP) is 4.03. The summed E-state index contributed by atoms with van der Waals surface area (Å²) in [6.07, 6.45) is 2.89. The Morgan fingerprint density at radius 1 is 1.12 bits per heavy atom. The summed E-state index contributed by atoms with van der Waals surface area (Å²) in [6.45, 7) is 4.31. The van der Waals surface area contributed by atoms with Crippen LogP contribution in [0.15, 0.2) is 47.5 Å². The predicted molar refractivity (Wildman–Crippen MR) is 74.6 cm³/mol. The van der Waals surface area contributed by atoms with Crippen LogP contribution in [0.4, 0.5) is 0 Å². The second-order valence-electron chi connectivity index (χ2n) is 4.19. The molecule has 17 heavy (non-hydrogen) atoms. The molecular weight excluding hydrogens is 226 g/mol. The Bertz CT molecular complexity index is 480. The van der Waals surface area contributed by atoms with Crippen LogP contribution >= 0.6 is 11.8 Å². The maximum atomic E-state index is 4.34. The van der Waals surface area contributed by atoms with E-state index in [1.165, 1.54) is 21.7 Å². The molecule has 0 saturated carbocycles. The molecule has 0 radical (unpaired) electrons. The van der Waals surface area contributed by atoms with E-state index in [0.29, 0.717) is 0 Å². The highest BCUT2D eigenvalue weighted by atomic mass is 32.2. The Labute approximate surface area is 107 Å². The van der Waals surface area contributed by atoms with Gasteiger partial charge in [-0.1, -0.05) is 23.8 Å². The van der Waals surface area contributed by atoms with E-state index in [4.69, 9.17) is 0 Å². The Hall–Kier alpha value is -1.28. The summed E-state index contributed by atoms with van der Waals surface area (Å²) in [4.78, 5) is 5.73. The number of rotatable bonds is 4. The number of nitrogens with zero attached hydrogens (tertiary/aromatic N) is 1. The molecule has 0 amide bonds. The van der Waals surface area contributed by atoms with E-state index in [-0.39, 0.29) is 0 Å². The molecule has 1 heterocycles. The lowest BCUT2D eigenvalue weighted by atomic mass is 10.2. The van der Waals surface area contributed by atoms with Gasteiger partial charge in [0.1, 0.15) is 0 Å². The minimum Gasteiger partial charge on any atom is -0.261 e. The van der Waals surface area contributed by atoms with Crippen LogP contribution in [-0.4, -0.2) is 10.7 Å². The summed E-state index contributed by atoms with van der Waals surface area (Å²) in [5.41, 5.74) is 3.86. The zero-order valence-electron chi connectivity index (χ0n) is 10.3. The molecule has 0 atom stereocenters. The van der Waals surface area contributed by atoms with Gasteiger partial charge in [-0.25, -0.2) is 0 Å². The highest BCUT2D eigenvalue weighted by molar-refractivity contribution is 7.99. The minimum atomic E-state index is 1.03. The Kier molecular flexibility index (Phi) is 4.21. The maximum absolute atomic E-state index is 4.34. The van der Waals surface area contributed by atoms with Crippen molar-refractivity contribution in [1.29, 1.82) is 0 Å². The third kappa shape index (κ3) is 3.60. The van der Waals surface area contributed by atoms with Gasteiger partial charge < -0.3 is 0 Å². The zero-order chi connectivity index (χ0) is 12.1. The standard InChI is InChI=1S/C15H17NS/c1-12-6-7-13(2)15(11-12)17-10-8-14-5-3-4-9-16-14/h3-7,9,11H,8,10H2,1-2H3. The van der Waals surface area contributed by atoms with Crippen LogP contribution in [0, 0.1) is 13.8 Å². The van der Waals surface area contributed by atoms with E-state index in [2.05, 4.69) is 43.1 Å². The highest BCUT2D eigenvalue weighted by Crippen LogP contribution is 2.24. The number of pyridine rings is 1. The summed E-state index contributed by atoms with van der Waals surface area (Å²) in [5.74, 6) is 1.08.